The number of carbonyl (C=O) groups excluding carboxylic acids is 2. The SMILES string of the molecule is O=C(CSCc1ccccc1Br)Nc1ccccc1C(=O)NCc1ccco1. The van der Waals surface area contributed by atoms with E-state index in [0.29, 0.717) is 22.8 Å². The first-order chi connectivity index (χ1) is 13.6. The number of anilines is 1. The Morgan fingerprint density at radius 2 is 1.79 bits per heavy atom. The molecule has 3 rings (SSSR count). The fourth-order valence-electron chi connectivity index (χ4n) is 2.52. The summed E-state index contributed by atoms with van der Waals surface area (Å²) in [7, 11) is 0. The molecule has 0 aliphatic heterocycles. The van der Waals surface area contributed by atoms with Crippen LogP contribution in [0, 0.1) is 0 Å². The van der Waals surface area contributed by atoms with Crippen molar-refractivity contribution < 1.29 is 14.0 Å². The van der Waals surface area contributed by atoms with Crippen LogP contribution in [-0.2, 0) is 17.1 Å². The fourth-order valence-corrected chi connectivity index (χ4v) is 3.96. The maximum Gasteiger partial charge on any atom is 0.253 e. The van der Waals surface area contributed by atoms with Gasteiger partial charge in [-0.1, -0.05) is 46.3 Å². The highest BCUT2D eigenvalue weighted by Crippen LogP contribution is 2.22. The summed E-state index contributed by atoms with van der Waals surface area (Å²) >= 11 is 5.02. The number of furan rings is 1. The Morgan fingerprint density at radius 3 is 2.57 bits per heavy atom. The van der Waals surface area contributed by atoms with Crippen molar-refractivity contribution in [3.8, 4) is 0 Å². The van der Waals surface area contributed by atoms with Crippen LogP contribution in [0.1, 0.15) is 21.7 Å². The van der Waals surface area contributed by atoms with E-state index in [1.165, 1.54) is 11.8 Å². The van der Waals surface area contributed by atoms with Gasteiger partial charge in [-0.05, 0) is 35.9 Å². The molecule has 0 radical (unpaired) electrons. The molecule has 0 saturated heterocycles. The third kappa shape index (κ3) is 5.74. The first kappa shape index (κ1) is 20.2. The van der Waals surface area contributed by atoms with Crippen molar-refractivity contribution in [1.29, 1.82) is 0 Å². The maximum atomic E-state index is 12.5. The predicted octanol–water partition coefficient (Wildman–Crippen LogP) is 4.84. The molecule has 0 atom stereocenters. The number of hydrogen-bond donors (Lipinski definition) is 2. The van der Waals surface area contributed by atoms with Gasteiger partial charge in [0, 0.05) is 10.2 Å². The summed E-state index contributed by atoms with van der Waals surface area (Å²) in [6.07, 6.45) is 1.56. The average molecular weight is 459 g/mol. The number of amides is 2. The molecular weight excluding hydrogens is 440 g/mol. The predicted molar refractivity (Wildman–Crippen MR) is 115 cm³/mol. The van der Waals surface area contributed by atoms with Crippen molar-refractivity contribution in [1.82, 2.24) is 5.32 Å². The van der Waals surface area contributed by atoms with Crippen LogP contribution in [0.2, 0.25) is 0 Å². The molecule has 0 unspecified atom stereocenters. The molecule has 2 amide bonds. The Kier molecular flexibility index (Phi) is 7.33. The number of benzene rings is 2. The van der Waals surface area contributed by atoms with Gasteiger partial charge in [-0.3, -0.25) is 9.59 Å². The number of para-hydroxylation sites is 1. The highest BCUT2D eigenvalue weighted by Gasteiger charge is 2.13. The number of hydrogen-bond acceptors (Lipinski definition) is 4. The van der Waals surface area contributed by atoms with Crippen molar-refractivity contribution in [2.24, 2.45) is 0 Å². The highest BCUT2D eigenvalue weighted by atomic mass is 79.9. The Labute approximate surface area is 176 Å². The molecule has 1 aromatic heterocycles. The molecule has 0 aliphatic carbocycles. The summed E-state index contributed by atoms with van der Waals surface area (Å²) < 4.78 is 6.24. The van der Waals surface area contributed by atoms with E-state index in [9.17, 15) is 9.59 Å². The van der Waals surface area contributed by atoms with E-state index in [0.717, 1.165) is 15.8 Å². The Hall–Kier alpha value is -2.51. The summed E-state index contributed by atoms with van der Waals surface area (Å²) in [5.74, 6) is 1.26. The van der Waals surface area contributed by atoms with Crippen molar-refractivity contribution in [3.63, 3.8) is 0 Å². The molecule has 0 spiro atoms. The zero-order valence-electron chi connectivity index (χ0n) is 15.0. The van der Waals surface area contributed by atoms with E-state index < -0.39 is 0 Å². The number of carbonyl (C=O) groups is 2. The lowest BCUT2D eigenvalue weighted by molar-refractivity contribution is -0.113. The van der Waals surface area contributed by atoms with Gasteiger partial charge < -0.3 is 15.1 Å². The second-order valence-electron chi connectivity index (χ2n) is 5.94. The second-order valence-corrected chi connectivity index (χ2v) is 7.78. The van der Waals surface area contributed by atoms with Gasteiger partial charge >= 0.3 is 0 Å². The Balaban J connectivity index is 1.54. The first-order valence-electron chi connectivity index (χ1n) is 8.64. The molecule has 28 heavy (non-hydrogen) atoms. The van der Waals surface area contributed by atoms with Crippen LogP contribution < -0.4 is 10.6 Å². The molecule has 3 aromatic rings. The zero-order chi connectivity index (χ0) is 19.8. The maximum absolute atomic E-state index is 12.5. The standard InChI is InChI=1S/C21H19BrN2O3S/c22-18-9-3-1-6-15(18)13-28-14-20(25)24-19-10-4-2-8-17(19)21(26)23-12-16-7-5-11-27-16/h1-11H,12-14H2,(H,23,26)(H,24,25). The van der Waals surface area contributed by atoms with Crippen LogP contribution >= 0.6 is 27.7 Å². The van der Waals surface area contributed by atoms with Gasteiger partial charge in [0.05, 0.1) is 29.8 Å². The summed E-state index contributed by atoms with van der Waals surface area (Å²) in [5, 5.41) is 5.62. The zero-order valence-corrected chi connectivity index (χ0v) is 17.4. The quantitative estimate of drug-likeness (QED) is 0.506. The van der Waals surface area contributed by atoms with E-state index in [1.54, 1.807) is 42.7 Å². The van der Waals surface area contributed by atoms with Crippen molar-refractivity contribution in [2.75, 3.05) is 11.1 Å². The van der Waals surface area contributed by atoms with Crippen molar-refractivity contribution in [3.05, 3.63) is 88.3 Å². The van der Waals surface area contributed by atoms with E-state index in [1.807, 2.05) is 24.3 Å². The summed E-state index contributed by atoms with van der Waals surface area (Å²) in [6, 6.07) is 18.4. The molecule has 0 saturated carbocycles. The lowest BCUT2D eigenvalue weighted by atomic mass is 10.1. The third-order valence-corrected chi connectivity index (χ3v) is 5.65. The van der Waals surface area contributed by atoms with Crippen LogP contribution in [-0.4, -0.2) is 17.6 Å². The van der Waals surface area contributed by atoms with Gasteiger partial charge in [0.1, 0.15) is 5.76 Å². The Morgan fingerprint density at radius 1 is 1.00 bits per heavy atom. The second kappa shape index (κ2) is 10.1. The van der Waals surface area contributed by atoms with Crippen LogP contribution in [0.25, 0.3) is 0 Å². The number of nitrogens with one attached hydrogen (secondary N) is 2. The fraction of sp³-hybridized carbons (Fsp3) is 0.143. The normalized spacial score (nSPS) is 10.5. The smallest absolute Gasteiger partial charge is 0.253 e. The van der Waals surface area contributed by atoms with Crippen molar-refractivity contribution >= 4 is 45.2 Å². The average Bonchev–Trinajstić information content (AvgIpc) is 3.22. The molecule has 144 valence electrons. The topological polar surface area (TPSA) is 71.3 Å². The van der Waals surface area contributed by atoms with Gasteiger partial charge in [-0.15, -0.1) is 11.8 Å². The van der Waals surface area contributed by atoms with E-state index >= 15 is 0 Å². The van der Waals surface area contributed by atoms with Gasteiger partial charge in [0.2, 0.25) is 5.91 Å². The van der Waals surface area contributed by atoms with E-state index in [-0.39, 0.29) is 18.4 Å². The minimum Gasteiger partial charge on any atom is -0.467 e. The molecule has 7 heteroatoms. The lowest BCUT2D eigenvalue weighted by Gasteiger charge is -2.11. The van der Waals surface area contributed by atoms with Crippen molar-refractivity contribution in [2.45, 2.75) is 12.3 Å². The number of halogens is 1. The van der Waals surface area contributed by atoms with E-state index in [2.05, 4.69) is 26.6 Å². The monoisotopic (exact) mass is 458 g/mol. The highest BCUT2D eigenvalue weighted by molar-refractivity contribution is 9.10. The first-order valence-corrected chi connectivity index (χ1v) is 10.6. The van der Waals surface area contributed by atoms with Gasteiger partial charge in [0.25, 0.3) is 5.91 Å². The largest absolute Gasteiger partial charge is 0.467 e. The van der Waals surface area contributed by atoms with Crippen LogP contribution in [0.3, 0.4) is 0 Å². The van der Waals surface area contributed by atoms with Gasteiger partial charge in [-0.2, -0.15) is 0 Å². The van der Waals surface area contributed by atoms with Crippen LogP contribution in [0.15, 0.2) is 75.8 Å². The molecule has 0 fully saturated rings. The minimum atomic E-state index is -0.270. The summed E-state index contributed by atoms with van der Waals surface area (Å²) in [4.78, 5) is 24.8. The molecule has 0 aliphatic rings. The van der Waals surface area contributed by atoms with Crippen LogP contribution in [0.4, 0.5) is 5.69 Å². The molecule has 0 bridgehead atoms. The van der Waals surface area contributed by atoms with E-state index in [4.69, 9.17) is 4.42 Å². The molecule has 5 nitrogen and oxygen atoms in total. The van der Waals surface area contributed by atoms with Crippen LogP contribution in [0.5, 0.6) is 0 Å². The summed E-state index contributed by atoms with van der Waals surface area (Å²) in [6.45, 7) is 0.288. The third-order valence-electron chi connectivity index (χ3n) is 3.90. The lowest BCUT2D eigenvalue weighted by Crippen LogP contribution is -2.25. The molecule has 2 N–H and O–H groups in total. The molecular formula is C21H19BrN2O3S. The summed E-state index contributed by atoms with van der Waals surface area (Å²) in [5.41, 5.74) is 2.04. The Bertz CT molecular complexity index is 944. The molecule has 1 heterocycles. The number of thioether (sulfide) groups is 1. The van der Waals surface area contributed by atoms with Gasteiger partial charge in [0.15, 0.2) is 0 Å². The van der Waals surface area contributed by atoms with Gasteiger partial charge in [-0.25, -0.2) is 0 Å². The number of rotatable bonds is 8. The minimum absolute atomic E-state index is 0.150. The molecule has 2 aromatic carbocycles.